The number of carbonyl (C=O) groups excluding carboxylic acids is 2. The van der Waals surface area contributed by atoms with E-state index in [-0.39, 0.29) is 11.8 Å². The van der Waals surface area contributed by atoms with Crippen LogP contribution in [0, 0.1) is 0 Å². The first-order valence-electron chi connectivity index (χ1n) is 7.92. The third-order valence-electron chi connectivity index (χ3n) is 4.19. The van der Waals surface area contributed by atoms with Gasteiger partial charge in [0, 0.05) is 18.7 Å². The van der Waals surface area contributed by atoms with Crippen LogP contribution >= 0.6 is 11.8 Å². The van der Waals surface area contributed by atoms with Crippen LogP contribution in [0.3, 0.4) is 0 Å². The number of nitrogens with one attached hydrogen (secondary N) is 1. The van der Waals surface area contributed by atoms with Crippen molar-refractivity contribution in [2.24, 2.45) is 4.99 Å². The Morgan fingerprint density at radius 1 is 1.12 bits per heavy atom. The Hall–Kier alpha value is -3.06. The molecule has 2 aliphatic rings. The molecule has 0 bridgehead atoms. The predicted octanol–water partition coefficient (Wildman–Crippen LogP) is 2.93. The lowest BCUT2D eigenvalue weighted by Crippen LogP contribution is -2.23. The fourth-order valence-electron chi connectivity index (χ4n) is 2.92. The third-order valence-corrected chi connectivity index (χ3v) is 5.17. The lowest BCUT2D eigenvalue weighted by Gasteiger charge is -2.08. The summed E-state index contributed by atoms with van der Waals surface area (Å²) in [7, 11) is 3.29. The van der Waals surface area contributed by atoms with E-state index < -0.39 is 0 Å². The molecular formula is C19H15N3O3S. The minimum atomic E-state index is -0.315. The molecule has 7 heteroatoms. The number of ether oxygens (including phenoxy) is 1. The molecule has 1 N–H and O–H groups in total. The van der Waals surface area contributed by atoms with E-state index in [1.54, 1.807) is 25.1 Å². The van der Waals surface area contributed by atoms with Crippen LogP contribution in [0.1, 0.15) is 5.56 Å². The molecule has 6 nitrogen and oxygen atoms in total. The Labute approximate surface area is 154 Å². The molecule has 0 spiro atoms. The van der Waals surface area contributed by atoms with Gasteiger partial charge in [0.2, 0.25) is 0 Å². The first-order chi connectivity index (χ1) is 12.6. The molecular weight excluding hydrogens is 350 g/mol. The molecule has 1 saturated heterocycles. The van der Waals surface area contributed by atoms with E-state index in [9.17, 15) is 9.59 Å². The van der Waals surface area contributed by atoms with Crippen molar-refractivity contribution in [2.75, 3.05) is 19.1 Å². The quantitative estimate of drug-likeness (QED) is 0.831. The van der Waals surface area contributed by atoms with Gasteiger partial charge in [-0.2, -0.15) is 0 Å². The highest BCUT2D eigenvalue weighted by molar-refractivity contribution is 8.18. The van der Waals surface area contributed by atoms with Crippen molar-refractivity contribution in [3.8, 4) is 5.75 Å². The zero-order chi connectivity index (χ0) is 18.3. The van der Waals surface area contributed by atoms with Crippen molar-refractivity contribution in [1.29, 1.82) is 0 Å². The fraction of sp³-hybridized carbons (Fsp3) is 0.105. The van der Waals surface area contributed by atoms with E-state index in [0.717, 1.165) is 11.3 Å². The zero-order valence-corrected chi connectivity index (χ0v) is 15.0. The minimum absolute atomic E-state index is 0.188. The Balaban J connectivity index is 1.73. The molecule has 0 saturated carbocycles. The maximum Gasteiger partial charge on any atom is 0.264 e. The number of amidine groups is 1. The number of fused-ring (bicyclic) bond motifs is 1. The number of amides is 2. The van der Waals surface area contributed by atoms with E-state index >= 15 is 0 Å². The number of thioether (sulfide) groups is 1. The average molecular weight is 365 g/mol. The minimum Gasteiger partial charge on any atom is -0.497 e. The van der Waals surface area contributed by atoms with Crippen molar-refractivity contribution in [2.45, 2.75) is 0 Å². The van der Waals surface area contributed by atoms with Crippen LogP contribution in [0.25, 0.3) is 5.57 Å². The molecule has 4 rings (SSSR count). The molecule has 2 amide bonds. The van der Waals surface area contributed by atoms with E-state index in [4.69, 9.17) is 4.74 Å². The fourth-order valence-corrected chi connectivity index (χ4v) is 3.86. The van der Waals surface area contributed by atoms with Gasteiger partial charge < -0.3 is 15.0 Å². The smallest absolute Gasteiger partial charge is 0.264 e. The van der Waals surface area contributed by atoms with Crippen LogP contribution in [0.15, 0.2) is 58.4 Å². The summed E-state index contributed by atoms with van der Waals surface area (Å²) in [4.78, 5) is 31.5. The standard InChI is InChI=1S/C19H15N3O3S/c1-22-14-9-4-3-8-13(14)15(18(22)24)16-17(23)21-19(26-16)20-11-6-5-7-12(10-11)25-2/h3-10H,1-2H3,(H,20,21,23)/b16-15-. The second-order valence-corrected chi connectivity index (χ2v) is 6.76. The number of anilines is 1. The highest BCUT2D eigenvalue weighted by Gasteiger charge is 2.37. The summed E-state index contributed by atoms with van der Waals surface area (Å²) in [5.41, 5.74) is 2.64. The van der Waals surface area contributed by atoms with Crippen molar-refractivity contribution < 1.29 is 14.3 Å². The zero-order valence-electron chi connectivity index (χ0n) is 14.1. The number of nitrogens with zero attached hydrogens (tertiary/aromatic N) is 2. The van der Waals surface area contributed by atoms with Gasteiger partial charge >= 0.3 is 0 Å². The van der Waals surface area contributed by atoms with Gasteiger partial charge in [0.25, 0.3) is 11.8 Å². The molecule has 0 aliphatic carbocycles. The Bertz CT molecular complexity index is 997. The van der Waals surface area contributed by atoms with Gasteiger partial charge in [0.05, 0.1) is 29.0 Å². The van der Waals surface area contributed by atoms with Gasteiger partial charge in [-0.1, -0.05) is 24.3 Å². The topological polar surface area (TPSA) is 71.0 Å². The summed E-state index contributed by atoms with van der Waals surface area (Å²) in [5.74, 6) is 0.179. The maximum absolute atomic E-state index is 12.7. The van der Waals surface area contributed by atoms with Gasteiger partial charge in [-0.3, -0.25) is 9.59 Å². The predicted molar refractivity (Wildman–Crippen MR) is 103 cm³/mol. The number of para-hydroxylation sites is 1. The molecule has 2 aromatic carbocycles. The Morgan fingerprint density at radius 2 is 1.92 bits per heavy atom. The number of methoxy groups -OCH3 is 1. The molecule has 1 fully saturated rings. The van der Waals surface area contributed by atoms with E-state index in [1.807, 2.05) is 42.5 Å². The van der Waals surface area contributed by atoms with Crippen LogP contribution < -0.4 is 15.0 Å². The number of rotatable bonds is 2. The molecule has 0 aromatic heterocycles. The van der Waals surface area contributed by atoms with Crippen LogP contribution in [-0.4, -0.2) is 31.1 Å². The molecule has 26 heavy (non-hydrogen) atoms. The van der Waals surface area contributed by atoms with Crippen molar-refractivity contribution in [3.05, 3.63) is 59.0 Å². The normalized spacial score (nSPS) is 20.5. The first-order valence-corrected chi connectivity index (χ1v) is 8.74. The van der Waals surface area contributed by atoms with Crippen molar-refractivity contribution >= 4 is 45.7 Å². The monoisotopic (exact) mass is 365 g/mol. The molecule has 2 aliphatic heterocycles. The Morgan fingerprint density at radius 3 is 2.73 bits per heavy atom. The third kappa shape index (κ3) is 2.66. The molecule has 130 valence electrons. The highest BCUT2D eigenvalue weighted by atomic mass is 32.2. The molecule has 0 radical (unpaired) electrons. The molecule has 2 aromatic rings. The van der Waals surface area contributed by atoms with Crippen LogP contribution in [0.4, 0.5) is 11.4 Å². The number of aliphatic imine (C=N–C) groups is 1. The molecule has 0 unspecified atom stereocenters. The van der Waals surface area contributed by atoms with Crippen LogP contribution in [-0.2, 0) is 9.59 Å². The second kappa shape index (κ2) is 6.34. The lowest BCUT2D eigenvalue weighted by atomic mass is 10.1. The summed E-state index contributed by atoms with van der Waals surface area (Å²) in [6, 6.07) is 14.7. The number of hydrogen-bond acceptors (Lipinski definition) is 5. The van der Waals surface area contributed by atoms with Crippen molar-refractivity contribution in [3.63, 3.8) is 0 Å². The second-order valence-electron chi connectivity index (χ2n) is 5.76. The average Bonchev–Trinajstić information content (AvgIpc) is 3.13. The first kappa shape index (κ1) is 16.4. The lowest BCUT2D eigenvalue weighted by molar-refractivity contribution is -0.116. The summed E-state index contributed by atoms with van der Waals surface area (Å²) < 4.78 is 5.18. The number of likely N-dealkylation sites (N-methyl/N-ethyl adjacent to an activating group) is 1. The van der Waals surface area contributed by atoms with Gasteiger partial charge in [-0.05, 0) is 30.0 Å². The van der Waals surface area contributed by atoms with Crippen LogP contribution in [0.2, 0.25) is 0 Å². The van der Waals surface area contributed by atoms with Gasteiger partial charge in [-0.15, -0.1) is 0 Å². The summed E-state index contributed by atoms with van der Waals surface area (Å²) >= 11 is 1.17. The highest BCUT2D eigenvalue weighted by Crippen LogP contribution is 2.42. The summed E-state index contributed by atoms with van der Waals surface area (Å²) in [6.07, 6.45) is 0. The Kier molecular flexibility index (Phi) is 4.00. The molecule has 0 atom stereocenters. The largest absolute Gasteiger partial charge is 0.497 e. The summed E-state index contributed by atoms with van der Waals surface area (Å²) in [5, 5.41) is 3.17. The van der Waals surface area contributed by atoms with Gasteiger partial charge in [-0.25, -0.2) is 4.99 Å². The SMILES string of the molecule is COc1cccc(N=C2NC(=O)/C(=C3/C(=O)N(C)c4ccccc43)S2)c1. The van der Waals surface area contributed by atoms with Crippen LogP contribution in [0.5, 0.6) is 5.75 Å². The summed E-state index contributed by atoms with van der Waals surface area (Å²) in [6.45, 7) is 0. The maximum atomic E-state index is 12.7. The van der Waals surface area contributed by atoms with Crippen molar-refractivity contribution in [1.82, 2.24) is 5.32 Å². The van der Waals surface area contributed by atoms with Gasteiger partial charge in [0.15, 0.2) is 5.17 Å². The van der Waals surface area contributed by atoms with E-state index in [0.29, 0.717) is 27.1 Å². The van der Waals surface area contributed by atoms with E-state index in [2.05, 4.69) is 10.3 Å². The van der Waals surface area contributed by atoms with Gasteiger partial charge in [0.1, 0.15) is 5.75 Å². The number of benzene rings is 2. The number of hydrogen-bond donors (Lipinski definition) is 1. The molecule has 2 heterocycles. The number of carbonyl (C=O) groups is 2. The van der Waals surface area contributed by atoms with E-state index in [1.165, 1.54) is 11.8 Å².